The molecule has 0 saturated heterocycles. The highest BCUT2D eigenvalue weighted by Crippen LogP contribution is 2.25. The predicted octanol–water partition coefficient (Wildman–Crippen LogP) is 2.04. The normalized spacial score (nSPS) is 12.5. The van der Waals surface area contributed by atoms with Crippen molar-refractivity contribution in [1.82, 2.24) is 24.3 Å². The third kappa shape index (κ3) is 5.65. The van der Waals surface area contributed by atoms with Crippen molar-refractivity contribution < 1.29 is 23.2 Å². The van der Waals surface area contributed by atoms with Gasteiger partial charge in [-0.25, -0.2) is 18.9 Å². The number of carbonyl (C=O) groups is 1. The van der Waals surface area contributed by atoms with Gasteiger partial charge in [0.05, 0.1) is 10.6 Å². The van der Waals surface area contributed by atoms with E-state index in [-0.39, 0.29) is 10.6 Å². The van der Waals surface area contributed by atoms with Crippen LogP contribution in [0.15, 0.2) is 66.1 Å². The van der Waals surface area contributed by atoms with Crippen LogP contribution in [-0.4, -0.2) is 57.2 Å². The summed E-state index contributed by atoms with van der Waals surface area (Å²) in [5.41, 5.74) is 1.56. The highest BCUT2D eigenvalue weighted by molar-refractivity contribution is 7.98. The average Bonchev–Trinajstić information content (AvgIpc) is 3.21. The summed E-state index contributed by atoms with van der Waals surface area (Å²) in [5, 5.41) is 9.13. The number of rotatable bonds is 10. The van der Waals surface area contributed by atoms with Crippen molar-refractivity contribution in [2.45, 2.75) is 16.7 Å². The van der Waals surface area contributed by atoms with E-state index in [2.05, 4.69) is 9.97 Å². The van der Waals surface area contributed by atoms with Gasteiger partial charge in [-0.1, -0.05) is 0 Å². The molecule has 12 heteroatoms. The molecule has 170 valence electrons. The second kappa shape index (κ2) is 10.6. The van der Waals surface area contributed by atoms with Gasteiger partial charge in [0.15, 0.2) is 0 Å². The van der Waals surface area contributed by atoms with Crippen LogP contribution in [0, 0.1) is 0 Å². The van der Waals surface area contributed by atoms with Crippen molar-refractivity contribution in [3.63, 3.8) is 0 Å². The summed E-state index contributed by atoms with van der Waals surface area (Å²) >= 11 is 1.33. The summed E-state index contributed by atoms with van der Waals surface area (Å²) in [6.07, 6.45) is 6.63. The second-order valence-electron chi connectivity index (χ2n) is 6.74. The largest absolute Gasteiger partial charge is 0.457 e. The van der Waals surface area contributed by atoms with E-state index in [0.717, 1.165) is 10.1 Å². The van der Waals surface area contributed by atoms with Crippen LogP contribution in [0.25, 0.3) is 0 Å². The van der Waals surface area contributed by atoms with E-state index in [1.165, 1.54) is 43.1 Å². The molecule has 3 rings (SSSR count). The molecule has 2 heterocycles. The van der Waals surface area contributed by atoms with Gasteiger partial charge in [-0.15, -0.1) is 0 Å². The average molecular weight is 478 g/mol. The summed E-state index contributed by atoms with van der Waals surface area (Å²) in [6.45, 7) is 0. The van der Waals surface area contributed by atoms with Gasteiger partial charge in [-0.05, 0) is 36.4 Å². The topological polar surface area (TPSA) is 127 Å². The quantitative estimate of drug-likeness (QED) is 0.336. The lowest BCUT2D eigenvalue weighted by molar-refractivity contribution is -0.132. The minimum Gasteiger partial charge on any atom is -0.457 e. The molecule has 1 atom stereocenters. The molecule has 10 nitrogen and oxygen atoms in total. The fraction of sp³-hybridized carbons (Fsp3) is 0.250. The van der Waals surface area contributed by atoms with E-state index in [1.54, 1.807) is 42.4 Å². The van der Waals surface area contributed by atoms with Gasteiger partial charge in [-0.2, -0.15) is 16.1 Å². The van der Waals surface area contributed by atoms with Crippen LogP contribution in [0.4, 0.5) is 0 Å². The first-order chi connectivity index (χ1) is 15.3. The molecule has 0 unspecified atom stereocenters. The summed E-state index contributed by atoms with van der Waals surface area (Å²) < 4.78 is 34.6. The standard InChI is InChI=1S/C20H23N5O5S2/c1-24-12-11-22-19(24)14-31-13-18(20(26)23-27)25(2)32(28,29)17-5-3-15(4-6-17)30-16-7-9-21-10-8-16/h3-12,18,27H,13-14H2,1-2H3,(H,23,26)/t18-/m1/s1. The molecular formula is C20H23N5O5S2. The first-order valence-electron chi connectivity index (χ1n) is 9.47. The fourth-order valence-corrected chi connectivity index (χ4v) is 5.36. The van der Waals surface area contributed by atoms with Crippen LogP contribution in [0.3, 0.4) is 0 Å². The number of hydroxylamine groups is 1. The van der Waals surface area contributed by atoms with Crippen molar-refractivity contribution in [2.75, 3.05) is 12.8 Å². The Morgan fingerprint density at radius 1 is 1.19 bits per heavy atom. The van der Waals surface area contributed by atoms with Crippen molar-refractivity contribution in [2.24, 2.45) is 7.05 Å². The van der Waals surface area contributed by atoms with Crippen molar-refractivity contribution in [3.8, 4) is 11.5 Å². The Hall–Kier alpha value is -2.93. The molecule has 2 N–H and O–H groups in total. The van der Waals surface area contributed by atoms with Crippen LogP contribution >= 0.6 is 11.8 Å². The number of aromatic nitrogens is 3. The molecule has 0 aliphatic carbocycles. The molecule has 2 aromatic heterocycles. The van der Waals surface area contributed by atoms with Crippen LogP contribution < -0.4 is 10.2 Å². The lowest BCUT2D eigenvalue weighted by atomic mass is 10.3. The number of ether oxygens (including phenoxy) is 1. The molecule has 0 bridgehead atoms. The van der Waals surface area contributed by atoms with Crippen LogP contribution in [0.1, 0.15) is 5.82 Å². The number of nitrogens with zero attached hydrogens (tertiary/aromatic N) is 4. The summed E-state index contributed by atoms with van der Waals surface area (Å²) in [7, 11) is -0.863. The van der Waals surface area contributed by atoms with Gasteiger partial charge in [0, 0.05) is 44.6 Å². The zero-order valence-electron chi connectivity index (χ0n) is 17.5. The van der Waals surface area contributed by atoms with E-state index in [9.17, 15) is 13.2 Å². The first-order valence-corrected chi connectivity index (χ1v) is 12.1. The van der Waals surface area contributed by atoms with Gasteiger partial charge in [0.25, 0.3) is 5.91 Å². The Bertz CT molecular complexity index is 1140. The number of amides is 1. The number of pyridine rings is 1. The third-order valence-corrected chi connectivity index (χ3v) is 7.56. The van der Waals surface area contributed by atoms with E-state index in [0.29, 0.717) is 17.3 Å². The van der Waals surface area contributed by atoms with Crippen molar-refractivity contribution >= 4 is 27.7 Å². The third-order valence-electron chi connectivity index (χ3n) is 4.67. The monoisotopic (exact) mass is 477 g/mol. The molecule has 3 aromatic rings. The number of benzene rings is 1. The van der Waals surface area contributed by atoms with E-state index < -0.39 is 22.0 Å². The number of carbonyl (C=O) groups excluding carboxylic acids is 1. The Morgan fingerprint density at radius 2 is 1.84 bits per heavy atom. The molecule has 0 radical (unpaired) electrons. The number of thioether (sulfide) groups is 1. The number of sulfonamides is 1. The molecule has 1 amide bonds. The molecule has 1 aromatic carbocycles. The number of aryl methyl sites for hydroxylation is 1. The molecular weight excluding hydrogens is 454 g/mol. The van der Waals surface area contributed by atoms with Gasteiger partial charge >= 0.3 is 0 Å². The minimum atomic E-state index is -4.01. The Labute approximate surface area is 190 Å². The van der Waals surface area contributed by atoms with Crippen LogP contribution in [0.5, 0.6) is 11.5 Å². The number of imidazole rings is 1. The molecule has 0 fully saturated rings. The summed E-state index contributed by atoms with van der Waals surface area (Å²) in [4.78, 5) is 20.3. The molecule has 0 saturated carbocycles. The SMILES string of the molecule is CN([C@H](CSCc1nccn1C)C(=O)NO)S(=O)(=O)c1ccc(Oc2ccncc2)cc1. The molecule has 0 aliphatic rings. The Balaban J connectivity index is 1.71. The van der Waals surface area contributed by atoms with E-state index in [4.69, 9.17) is 9.94 Å². The fourth-order valence-electron chi connectivity index (χ4n) is 2.77. The molecule has 0 spiro atoms. The lowest BCUT2D eigenvalue weighted by Gasteiger charge is -2.25. The zero-order chi connectivity index (χ0) is 23.1. The Morgan fingerprint density at radius 3 is 2.44 bits per heavy atom. The second-order valence-corrected chi connectivity index (χ2v) is 9.77. The number of likely N-dealkylation sites (N-methyl/N-ethyl adjacent to an activating group) is 1. The zero-order valence-corrected chi connectivity index (χ0v) is 19.1. The van der Waals surface area contributed by atoms with Gasteiger partial charge in [0.1, 0.15) is 23.4 Å². The predicted molar refractivity (Wildman–Crippen MR) is 119 cm³/mol. The smallest absolute Gasteiger partial charge is 0.262 e. The maximum absolute atomic E-state index is 13.1. The van der Waals surface area contributed by atoms with Crippen molar-refractivity contribution in [3.05, 3.63) is 67.0 Å². The highest BCUT2D eigenvalue weighted by Gasteiger charge is 2.33. The number of hydrogen-bond acceptors (Lipinski definition) is 8. The van der Waals surface area contributed by atoms with Crippen molar-refractivity contribution in [1.29, 1.82) is 0 Å². The van der Waals surface area contributed by atoms with Gasteiger partial charge in [0.2, 0.25) is 10.0 Å². The first kappa shape index (κ1) is 23.7. The van der Waals surface area contributed by atoms with Crippen LogP contribution in [-0.2, 0) is 27.6 Å². The maximum atomic E-state index is 13.1. The molecule has 0 aliphatic heterocycles. The minimum absolute atomic E-state index is 0.00748. The van der Waals surface area contributed by atoms with Gasteiger partial charge < -0.3 is 9.30 Å². The van der Waals surface area contributed by atoms with E-state index >= 15 is 0 Å². The Kier molecular flexibility index (Phi) is 7.85. The number of nitrogens with one attached hydrogen (secondary N) is 1. The maximum Gasteiger partial charge on any atom is 0.262 e. The van der Waals surface area contributed by atoms with Crippen LogP contribution in [0.2, 0.25) is 0 Å². The van der Waals surface area contributed by atoms with Gasteiger partial charge in [-0.3, -0.25) is 15.0 Å². The highest BCUT2D eigenvalue weighted by atomic mass is 32.2. The summed E-state index contributed by atoms with van der Waals surface area (Å²) in [5.74, 6) is 1.59. The van der Waals surface area contributed by atoms with E-state index in [1.807, 2.05) is 11.6 Å². The number of hydrogen-bond donors (Lipinski definition) is 2. The molecule has 32 heavy (non-hydrogen) atoms. The summed E-state index contributed by atoms with van der Waals surface area (Å²) in [6, 6.07) is 8.09. The lowest BCUT2D eigenvalue weighted by Crippen LogP contribution is -2.48.